The summed E-state index contributed by atoms with van der Waals surface area (Å²) in [6.45, 7) is 8.82. The van der Waals surface area contributed by atoms with Crippen LogP contribution in [0, 0.1) is 0 Å². The number of likely N-dealkylation sites (N-methyl/N-ethyl adjacent to an activating group) is 1. The van der Waals surface area contributed by atoms with Crippen molar-refractivity contribution < 1.29 is 4.74 Å². The van der Waals surface area contributed by atoms with Gasteiger partial charge in [-0.1, -0.05) is 13.8 Å². The van der Waals surface area contributed by atoms with Crippen molar-refractivity contribution in [3.63, 3.8) is 0 Å². The number of nitrogens with zero attached hydrogens (tertiary/aromatic N) is 3. The van der Waals surface area contributed by atoms with Gasteiger partial charge >= 0.3 is 0 Å². The molecule has 0 amide bonds. The van der Waals surface area contributed by atoms with Crippen LogP contribution in [0.4, 0.5) is 0 Å². The van der Waals surface area contributed by atoms with Gasteiger partial charge in [0.1, 0.15) is 6.61 Å². The van der Waals surface area contributed by atoms with Crippen molar-refractivity contribution in [2.45, 2.75) is 39.3 Å². The molecule has 106 valence electrons. The van der Waals surface area contributed by atoms with Crippen LogP contribution in [0.3, 0.4) is 0 Å². The molecule has 0 aliphatic heterocycles. The van der Waals surface area contributed by atoms with Crippen LogP contribution in [0.1, 0.15) is 32.4 Å². The Morgan fingerprint density at radius 1 is 1.26 bits per heavy atom. The van der Waals surface area contributed by atoms with Gasteiger partial charge in [-0.15, -0.1) is 0 Å². The monoisotopic (exact) mass is 264 g/mol. The van der Waals surface area contributed by atoms with Crippen molar-refractivity contribution in [1.82, 2.24) is 20.2 Å². The Hall–Kier alpha value is -1.20. The van der Waals surface area contributed by atoms with E-state index in [4.69, 9.17) is 4.74 Å². The third-order valence-corrected chi connectivity index (χ3v) is 3.38. The molecule has 5 nitrogen and oxygen atoms in total. The molecule has 1 aliphatic rings. The van der Waals surface area contributed by atoms with Crippen molar-refractivity contribution in [3.05, 3.63) is 18.1 Å². The Bertz CT molecular complexity index is 360. The first-order valence-corrected chi connectivity index (χ1v) is 7.21. The number of aromatic nitrogens is 2. The minimum Gasteiger partial charge on any atom is -0.475 e. The van der Waals surface area contributed by atoms with Crippen molar-refractivity contribution in [2.24, 2.45) is 0 Å². The quantitative estimate of drug-likeness (QED) is 0.731. The van der Waals surface area contributed by atoms with Gasteiger partial charge < -0.3 is 15.0 Å². The minimum atomic E-state index is 0.613. The summed E-state index contributed by atoms with van der Waals surface area (Å²) in [5.74, 6) is 0.613. The van der Waals surface area contributed by atoms with E-state index in [1.165, 1.54) is 12.8 Å². The van der Waals surface area contributed by atoms with Gasteiger partial charge in [-0.25, -0.2) is 4.98 Å². The molecule has 1 saturated carbocycles. The molecule has 1 fully saturated rings. The molecule has 1 heterocycles. The van der Waals surface area contributed by atoms with E-state index in [1.54, 1.807) is 12.4 Å². The molecule has 1 aromatic heterocycles. The highest BCUT2D eigenvalue weighted by Gasteiger charge is 2.20. The predicted molar refractivity (Wildman–Crippen MR) is 75.2 cm³/mol. The number of hydrogen-bond acceptors (Lipinski definition) is 5. The molecule has 19 heavy (non-hydrogen) atoms. The van der Waals surface area contributed by atoms with Gasteiger partial charge in [-0.05, 0) is 25.9 Å². The van der Waals surface area contributed by atoms with Crippen molar-refractivity contribution in [1.29, 1.82) is 0 Å². The van der Waals surface area contributed by atoms with Crippen LogP contribution < -0.4 is 10.1 Å². The Balaban J connectivity index is 1.68. The maximum atomic E-state index is 5.60. The maximum Gasteiger partial charge on any atom is 0.232 e. The maximum absolute atomic E-state index is 5.60. The molecular formula is C14H24N4O. The smallest absolute Gasteiger partial charge is 0.232 e. The molecule has 0 atom stereocenters. The van der Waals surface area contributed by atoms with Crippen LogP contribution in [0.15, 0.2) is 12.4 Å². The fourth-order valence-corrected chi connectivity index (χ4v) is 1.86. The van der Waals surface area contributed by atoms with Crippen LogP contribution in [0.2, 0.25) is 0 Å². The molecule has 0 radical (unpaired) electrons. The summed E-state index contributed by atoms with van der Waals surface area (Å²) in [4.78, 5) is 11.0. The topological polar surface area (TPSA) is 50.3 Å². The zero-order valence-electron chi connectivity index (χ0n) is 11.9. The molecule has 1 aliphatic carbocycles. The zero-order chi connectivity index (χ0) is 13.5. The van der Waals surface area contributed by atoms with E-state index >= 15 is 0 Å². The Labute approximate surface area is 115 Å². The second-order valence-corrected chi connectivity index (χ2v) is 4.88. The molecule has 2 rings (SSSR count). The highest BCUT2D eigenvalue weighted by molar-refractivity contribution is 5.07. The van der Waals surface area contributed by atoms with Crippen LogP contribution in [0.25, 0.3) is 0 Å². The zero-order valence-corrected chi connectivity index (χ0v) is 11.9. The normalized spacial score (nSPS) is 14.9. The van der Waals surface area contributed by atoms with Gasteiger partial charge in [0, 0.05) is 19.1 Å². The van der Waals surface area contributed by atoms with Crippen LogP contribution in [-0.2, 0) is 6.54 Å². The second kappa shape index (κ2) is 7.40. The molecule has 0 aromatic carbocycles. The van der Waals surface area contributed by atoms with Gasteiger partial charge in [0.15, 0.2) is 0 Å². The first kappa shape index (κ1) is 14.2. The van der Waals surface area contributed by atoms with Gasteiger partial charge in [-0.2, -0.15) is 0 Å². The lowest BCUT2D eigenvalue weighted by atomic mass is 10.4. The van der Waals surface area contributed by atoms with E-state index in [0.29, 0.717) is 18.5 Å². The summed E-state index contributed by atoms with van der Waals surface area (Å²) in [5.41, 5.74) is 0.975. The third kappa shape index (κ3) is 5.12. The first-order valence-electron chi connectivity index (χ1n) is 7.21. The number of rotatable bonds is 9. The van der Waals surface area contributed by atoms with Gasteiger partial charge in [0.25, 0.3) is 0 Å². The number of ether oxygens (including phenoxy) is 1. The predicted octanol–water partition coefficient (Wildman–Crippen LogP) is 1.45. The SMILES string of the molecule is CCN(CC)CCOc1cnc(CNC2CC2)cn1. The first-order chi connectivity index (χ1) is 9.31. The molecule has 5 heteroatoms. The lowest BCUT2D eigenvalue weighted by Crippen LogP contribution is -2.28. The van der Waals surface area contributed by atoms with Gasteiger partial charge in [-0.3, -0.25) is 4.98 Å². The summed E-state index contributed by atoms with van der Waals surface area (Å²) in [7, 11) is 0. The summed E-state index contributed by atoms with van der Waals surface area (Å²) in [6.07, 6.45) is 6.09. The van der Waals surface area contributed by atoms with Crippen LogP contribution in [-0.4, -0.2) is 47.2 Å². The molecule has 0 saturated heterocycles. The van der Waals surface area contributed by atoms with Crippen molar-refractivity contribution in [3.8, 4) is 5.88 Å². The minimum absolute atomic E-state index is 0.613. The van der Waals surface area contributed by atoms with Crippen molar-refractivity contribution >= 4 is 0 Å². The lowest BCUT2D eigenvalue weighted by Gasteiger charge is -2.17. The summed E-state index contributed by atoms with van der Waals surface area (Å²) in [6, 6.07) is 0.701. The highest BCUT2D eigenvalue weighted by Crippen LogP contribution is 2.19. The fourth-order valence-electron chi connectivity index (χ4n) is 1.86. The summed E-state index contributed by atoms with van der Waals surface area (Å²) >= 11 is 0. The number of nitrogens with one attached hydrogen (secondary N) is 1. The second-order valence-electron chi connectivity index (χ2n) is 4.88. The van der Waals surface area contributed by atoms with E-state index in [0.717, 1.165) is 31.9 Å². The molecule has 0 unspecified atom stereocenters. The molecule has 0 bridgehead atoms. The van der Waals surface area contributed by atoms with E-state index in [2.05, 4.69) is 34.0 Å². The van der Waals surface area contributed by atoms with E-state index in [-0.39, 0.29) is 0 Å². The Kier molecular flexibility index (Phi) is 5.54. The van der Waals surface area contributed by atoms with Crippen molar-refractivity contribution in [2.75, 3.05) is 26.2 Å². The molecule has 1 aromatic rings. The lowest BCUT2D eigenvalue weighted by molar-refractivity contribution is 0.217. The highest BCUT2D eigenvalue weighted by atomic mass is 16.5. The van der Waals surface area contributed by atoms with E-state index in [1.807, 2.05) is 0 Å². The van der Waals surface area contributed by atoms with Crippen LogP contribution >= 0.6 is 0 Å². The average Bonchev–Trinajstić information content (AvgIpc) is 3.27. The van der Waals surface area contributed by atoms with E-state index in [9.17, 15) is 0 Å². The average molecular weight is 264 g/mol. The Morgan fingerprint density at radius 2 is 2.05 bits per heavy atom. The van der Waals surface area contributed by atoms with Gasteiger partial charge in [0.2, 0.25) is 5.88 Å². The standard InChI is InChI=1S/C14H24N4O/c1-3-18(4-2)7-8-19-14-11-16-13(10-17-14)9-15-12-5-6-12/h10-12,15H,3-9H2,1-2H3. The molecular weight excluding hydrogens is 240 g/mol. The van der Waals surface area contributed by atoms with Gasteiger partial charge in [0.05, 0.1) is 18.1 Å². The largest absolute Gasteiger partial charge is 0.475 e. The molecule has 0 spiro atoms. The number of hydrogen-bond donors (Lipinski definition) is 1. The summed E-state index contributed by atoms with van der Waals surface area (Å²) < 4.78 is 5.60. The fraction of sp³-hybridized carbons (Fsp3) is 0.714. The van der Waals surface area contributed by atoms with Crippen LogP contribution in [0.5, 0.6) is 5.88 Å². The summed E-state index contributed by atoms with van der Waals surface area (Å²) in [5, 5.41) is 3.42. The Morgan fingerprint density at radius 3 is 2.63 bits per heavy atom. The molecule has 1 N–H and O–H groups in total. The third-order valence-electron chi connectivity index (χ3n) is 3.38. The van der Waals surface area contributed by atoms with E-state index < -0.39 is 0 Å².